The van der Waals surface area contributed by atoms with Gasteiger partial charge in [0, 0.05) is 5.38 Å². The Morgan fingerprint density at radius 1 is 1.50 bits per heavy atom. The van der Waals surface area contributed by atoms with Crippen LogP contribution < -0.4 is 0 Å². The van der Waals surface area contributed by atoms with Crippen LogP contribution in [-0.4, -0.2) is 10.8 Å². The number of aromatic nitrogens is 1. The summed E-state index contributed by atoms with van der Waals surface area (Å²) in [5.41, 5.74) is 0.543. The third-order valence-electron chi connectivity index (χ3n) is 1.65. The molecule has 0 aromatic carbocycles. The van der Waals surface area contributed by atoms with E-state index in [0.29, 0.717) is 5.69 Å². The Bertz CT molecular complexity index is 432. The molecule has 0 saturated heterocycles. The number of thiophene rings is 1. The van der Waals surface area contributed by atoms with E-state index in [4.69, 9.17) is 0 Å². The van der Waals surface area contributed by atoms with Gasteiger partial charge in [0.2, 0.25) is 5.78 Å². The summed E-state index contributed by atoms with van der Waals surface area (Å²) in [6.45, 7) is 1.89. The van der Waals surface area contributed by atoms with Gasteiger partial charge in [0.25, 0.3) is 0 Å². The van der Waals surface area contributed by atoms with Gasteiger partial charge in [0.1, 0.15) is 5.69 Å². The van der Waals surface area contributed by atoms with Gasteiger partial charge in [0.05, 0.1) is 13.7 Å². The fourth-order valence-corrected chi connectivity index (χ4v) is 2.96. The zero-order chi connectivity index (χ0) is 10.1. The van der Waals surface area contributed by atoms with Gasteiger partial charge in [-0.15, -0.1) is 22.7 Å². The molecule has 0 aliphatic rings. The molecule has 0 saturated carbocycles. The van der Waals surface area contributed by atoms with Crippen molar-refractivity contribution in [3.05, 3.63) is 36.9 Å². The molecule has 0 amide bonds. The number of halogens is 1. The second kappa shape index (κ2) is 3.92. The van der Waals surface area contributed by atoms with E-state index in [-0.39, 0.29) is 5.78 Å². The lowest BCUT2D eigenvalue weighted by Gasteiger charge is -1.89. The highest BCUT2D eigenvalue weighted by atomic mass is 79.9. The van der Waals surface area contributed by atoms with E-state index in [1.165, 1.54) is 22.7 Å². The summed E-state index contributed by atoms with van der Waals surface area (Å²) in [5.74, 6) is 0.00468. The van der Waals surface area contributed by atoms with Crippen molar-refractivity contribution < 1.29 is 4.79 Å². The van der Waals surface area contributed by atoms with Crippen molar-refractivity contribution in [3.8, 4) is 0 Å². The quantitative estimate of drug-likeness (QED) is 0.792. The first-order chi connectivity index (χ1) is 6.66. The Hall–Kier alpha value is -0.520. The zero-order valence-corrected chi connectivity index (χ0v) is 10.5. The number of carbonyl (C=O) groups excluding carboxylic acids is 1. The minimum atomic E-state index is 0.00468. The van der Waals surface area contributed by atoms with Crippen molar-refractivity contribution in [2.75, 3.05) is 0 Å². The summed E-state index contributed by atoms with van der Waals surface area (Å²) >= 11 is 6.25. The van der Waals surface area contributed by atoms with E-state index in [2.05, 4.69) is 20.9 Å². The topological polar surface area (TPSA) is 30.0 Å². The summed E-state index contributed by atoms with van der Waals surface area (Å²) in [6, 6.07) is 3.68. The van der Waals surface area contributed by atoms with Crippen LogP contribution in [0, 0.1) is 6.92 Å². The van der Waals surface area contributed by atoms with Crippen LogP contribution >= 0.6 is 38.6 Å². The van der Waals surface area contributed by atoms with E-state index in [1.807, 2.05) is 19.1 Å². The van der Waals surface area contributed by atoms with E-state index < -0.39 is 0 Å². The molecule has 2 rings (SSSR count). The Morgan fingerprint density at radius 3 is 2.79 bits per heavy atom. The average molecular weight is 288 g/mol. The van der Waals surface area contributed by atoms with Gasteiger partial charge in [-0.05, 0) is 35.0 Å². The minimum Gasteiger partial charge on any atom is -0.286 e. The van der Waals surface area contributed by atoms with Crippen molar-refractivity contribution >= 4 is 44.4 Å². The molecular weight excluding hydrogens is 282 g/mol. The number of ketones is 1. The largest absolute Gasteiger partial charge is 0.286 e. The molecule has 0 aliphatic carbocycles. The van der Waals surface area contributed by atoms with Crippen LogP contribution in [0.1, 0.15) is 20.4 Å². The molecule has 72 valence electrons. The van der Waals surface area contributed by atoms with Crippen LogP contribution in [-0.2, 0) is 0 Å². The molecule has 0 atom stereocenters. The highest BCUT2D eigenvalue weighted by Crippen LogP contribution is 2.24. The lowest BCUT2D eigenvalue weighted by Crippen LogP contribution is -1.98. The number of hydrogen-bond acceptors (Lipinski definition) is 4. The molecule has 0 N–H and O–H groups in total. The van der Waals surface area contributed by atoms with Crippen LogP contribution in [0.3, 0.4) is 0 Å². The first kappa shape index (κ1) is 10.0. The van der Waals surface area contributed by atoms with E-state index in [0.717, 1.165) is 13.7 Å². The van der Waals surface area contributed by atoms with E-state index in [9.17, 15) is 4.79 Å². The van der Waals surface area contributed by atoms with Gasteiger partial charge in [-0.2, -0.15) is 0 Å². The highest BCUT2D eigenvalue weighted by Gasteiger charge is 2.13. The summed E-state index contributed by atoms with van der Waals surface area (Å²) in [5, 5.41) is 2.72. The zero-order valence-electron chi connectivity index (χ0n) is 7.28. The Morgan fingerprint density at radius 2 is 2.29 bits per heavy atom. The standard InChI is InChI=1S/C9H6BrNOS2/c1-5-11-6(4-13-5)9(12)7-2-3-8(10)14-7/h2-4H,1H3. The van der Waals surface area contributed by atoms with Crippen LogP contribution in [0.15, 0.2) is 21.3 Å². The molecule has 2 aromatic rings. The van der Waals surface area contributed by atoms with E-state index in [1.54, 1.807) is 5.38 Å². The summed E-state index contributed by atoms with van der Waals surface area (Å²) in [6.07, 6.45) is 0. The molecule has 0 aliphatic heterocycles. The molecule has 0 unspecified atom stereocenters. The second-order valence-corrected chi connectivity index (χ2v) is 6.21. The Balaban J connectivity index is 2.33. The Kier molecular flexibility index (Phi) is 2.80. The molecule has 0 bridgehead atoms. The lowest BCUT2D eigenvalue weighted by molar-refractivity contribution is 0.103. The van der Waals surface area contributed by atoms with Crippen LogP contribution in [0.25, 0.3) is 0 Å². The maximum atomic E-state index is 11.8. The number of aryl methyl sites for hydroxylation is 1. The summed E-state index contributed by atoms with van der Waals surface area (Å²) < 4.78 is 0.966. The van der Waals surface area contributed by atoms with E-state index >= 15 is 0 Å². The van der Waals surface area contributed by atoms with Gasteiger partial charge >= 0.3 is 0 Å². The molecule has 2 nitrogen and oxygen atoms in total. The minimum absolute atomic E-state index is 0.00468. The first-order valence-electron chi connectivity index (χ1n) is 3.89. The van der Waals surface area contributed by atoms with Crippen molar-refractivity contribution in [2.24, 2.45) is 0 Å². The monoisotopic (exact) mass is 287 g/mol. The fourth-order valence-electron chi connectivity index (χ4n) is 1.03. The van der Waals surface area contributed by atoms with Gasteiger partial charge in [-0.25, -0.2) is 4.98 Å². The maximum Gasteiger partial charge on any atom is 0.222 e. The lowest BCUT2D eigenvalue weighted by atomic mass is 10.3. The number of nitrogens with zero attached hydrogens (tertiary/aromatic N) is 1. The Labute approximate surface area is 97.7 Å². The van der Waals surface area contributed by atoms with Crippen molar-refractivity contribution in [1.82, 2.24) is 4.98 Å². The third kappa shape index (κ3) is 1.94. The fraction of sp³-hybridized carbons (Fsp3) is 0.111. The number of hydrogen-bond donors (Lipinski definition) is 0. The van der Waals surface area contributed by atoms with Crippen molar-refractivity contribution in [1.29, 1.82) is 0 Å². The molecule has 0 fully saturated rings. The van der Waals surface area contributed by atoms with Gasteiger partial charge in [-0.3, -0.25) is 4.79 Å². The average Bonchev–Trinajstić information content (AvgIpc) is 2.73. The molecule has 14 heavy (non-hydrogen) atoms. The van der Waals surface area contributed by atoms with Crippen LogP contribution in [0.4, 0.5) is 0 Å². The van der Waals surface area contributed by atoms with Gasteiger partial charge in [-0.1, -0.05) is 0 Å². The molecule has 2 heterocycles. The summed E-state index contributed by atoms with van der Waals surface area (Å²) in [4.78, 5) is 16.7. The number of rotatable bonds is 2. The number of thiazole rings is 1. The maximum absolute atomic E-state index is 11.8. The SMILES string of the molecule is Cc1nc(C(=O)c2ccc(Br)s2)cs1. The summed E-state index contributed by atoms with van der Waals surface area (Å²) in [7, 11) is 0. The van der Waals surface area contributed by atoms with Crippen LogP contribution in [0.5, 0.6) is 0 Å². The van der Waals surface area contributed by atoms with Gasteiger partial charge < -0.3 is 0 Å². The molecule has 0 spiro atoms. The smallest absolute Gasteiger partial charge is 0.222 e. The predicted octanol–water partition coefficient (Wildman–Crippen LogP) is 3.51. The normalized spacial score (nSPS) is 10.4. The van der Waals surface area contributed by atoms with Crippen molar-refractivity contribution in [2.45, 2.75) is 6.92 Å². The molecule has 5 heteroatoms. The van der Waals surface area contributed by atoms with Crippen molar-refractivity contribution in [3.63, 3.8) is 0 Å². The molecular formula is C9H6BrNOS2. The van der Waals surface area contributed by atoms with Gasteiger partial charge in [0.15, 0.2) is 0 Å². The molecule has 2 aromatic heterocycles. The number of carbonyl (C=O) groups is 1. The highest BCUT2D eigenvalue weighted by molar-refractivity contribution is 9.11. The predicted molar refractivity (Wildman–Crippen MR) is 62.3 cm³/mol. The first-order valence-corrected chi connectivity index (χ1v) is 6.38. The second-order valence-electron chi connectivity index (χ2n) is 2.68. The third-order valence-corrected chi connectivity index (χ3v) is 4.04. The molecule has 0 radical (unpaired) electrons. The van der Waals surface area contributed by atoms with Crippen LogP contribution in [0.2, 0.25) is 0 Å².